The van der Waals surface area contributed by atoms with E-state index >= 15 is 0 Å². The van der Waals surface area contributed by atoms with Crippen molar-refractivity contribution in [1.29, 1.82) is 0 Å². The van der Waals surface area contributed by atoms with Gasteiger partial charge in [0.05, 0.1) is 24.3 Å². The molecule has 0 bridgehead atoms. The molecule has 150 valence electrons. The number of ether oxygens (including phenoxy) is 3. The first-order valence-electron chi connectivity index (χ1n) is 10.1. The molecule has 1 unspecified atom stereocenters. The SMILES string of the molecule is O=C1c2cc3c(cc2OCN1CCCN1CCOCC1)C(=O)N1CCCC1O3. The van der Waals surface area contributed by atoms with Crippen molar-refractivity contribution in [3.63, 3.8) is 0 Å². The van der Waals surface area contributed by atoms with E-state index in [1.54, 1.807) is 21.9 Å². The smallest absolute Gasteiger partial charge is 0.260 e. The van der Waals surface area contributed by atoms with Crippen molar-refractivity contribution in [3.8, 4) is 11.5 Å². The summed E-state index contributed by atoms with van der Waals surface area (Å²) in [5.74, 6) is 0.883. The molecule has 2 fully saturated rings. The quantitative estimate of drug-likeness (QED) is 0.772. The zero-order valence-corrected chi connectivity index (χ0v) is 15.9. The van der Waals surface area contributed by atoms with Gasteiger partial charge in [-0.15, -0.1) is 0 Å². The summed E-state index contributed by atoms with van der Waals surface area (Å²) < 4.78 is 17.2. The summed E-state index contributed by atoms with van der Waals surface area (Å²) in [6.45, 7) is 5.97. The van der Waals surface area contributed by atoms with Gasteiger partial charge in [-0.1, -0.05) is 0 Å². The molecule has 4 heterocycles. The maximum absolute atomic E-state index is 13.0. The standard InChI is InChI=1S/C20H25N3O5/c24-19-14-12-17-15(20(25)23-6-1-3-18(23)28-17)11-16(14)27-13-22(19)5-2-4-21-7-9-26-10-8-21/h11-12,18H,1-10,13H2. The van der Waals surface area contributed by atoms with Crippen LogP contribution in [0.4, 0.5) is 0 Å². The summed E-state index contributed by atoms with van der Waals surface area (Å²) in [6.07, 6.45) is 2.46. The minimum Gasteiger partial charge on any atom is -0.472 e. The molecule has 0 saturated carbocycles. The van der Waals surface area contributed by atoms with Gasteiger partial charge in [0.2, 0.25) is 0 Å². The zero-order chi connectivity index (χ0) is 19.1. The van der Waals surface area contributed by atoms with E-state index in [0.29, 0.717) is 29.2 Å². The third-order valence-electron chi connectivity index (χ3n) is 5.93. The first-order valence-corrected chi connectivity index (χ1v) is 10.1. The third kappa shape index (κ3) is 3.10. The van der Waals surface area contributed by atoms with E-state index in [0.717, 1.165) is 58.7 Å². The van der Waals surface area contributed by atoms with Crippen LogP contribution in [0.2, 0.25) is 0 Å². The maximum atomic E-state index is 13.0. The summed E-state index contributed by atoms with van der Waals surface area (Å²) in [5.41, 5.74) is 0.973. The molecule has 4 aliphatic rings. The lowest BCUT2D eigenvalue weighted by Gasteiger charge is -2.34. The first kappa shape index (κ1) is 17.8. The van der Waals surface area contributed by atoms with Gasteiger partial charge in [0, 0.05) is 39.1 Å². The Kier molecular flexibility index (Phi) is 4.60. The van der Waals surface area contributed by atoms with E-state index in [9.17, 15) is 9.59 Å². The number of fused-ring (bicyclic) bond motifs is 3. The Balaban J connectivity index is 1.28. The van der Waals surface area contributed by atoms with Gasteiger partial charge in [-0.05, 0) is 25.0 Å². The topological polar surface area (TPSA) is 71.6 Å². The number of hydrogen-bond donors (Lipinski definition) is 0. The number of hydrogen-bond acceptors (Lipinski definition) is 6. The predicted octanol–water partition coefficient (Wildman–Crippen LogP) is 1.16. The van der Waals surface area contributed by atoms with Crippen LogP contribution in [0.15, 0.2) is 12.1 Å². The Morgan fingerprint density at radius 3 is 2.61 bits per heavy atom. The molecule has 2 amide bonds. The van der Waals surface area contributed by atoms with Crippen LogP contribution in [-0.2, 0) is 4.74 Å². The first-order chi connectivity index (χ1) is 13.7. The molecule has 1 aromatic rings. The lowest BCUT2D eigenvalue weighted by Crippen LogP contribution is -2.44. The molecule has 1 aromatic carbocycles. The molecule has 4 aliphatic heterocycles. The summed E-state index contributed by atoms with van der Waals surface area (Å²) >= 11 is 0. The zero-order valence-electron chi connectivity index (χ0n) is 15.9. The largest absolute Gasteiger partial charge is 0.472 e. The fraction of sp³-hybridized carbons (Fsp3) is 0.600. The lowest BCUT2D eigenvalue weighted by molar-refractivity contribution is 0.0276. The van der Waals surface area contributed by atoms with E-state index in [4.69, 9.17) is 14.2 Å². The Labute approximate surface area is 163 Å². The number of morpholine rings is 1. The highest BCUT2D eigenvalue weighted by molar-refractivity contribution is 6.03. The molecule has 0 spiro atoms. The van der Waals surface area contributed by atoms with Crippen molar-refractivity contribution >= 4 is 11.8 Å². The van der Waals surface area contributed by atoms with Crippen LogP contribution < -0.4 is 9.47 Å². The average molecular weight is 387 g/mol. The summed E-state index contributed by atoms with van der Waals surface area (Å²) in [6, 6.07) is 3.36. The average Bonchev–Trinajstić information content (AvgIpc) is 3.19. The molecule has 0 radical (unpaired) electrons. The van der Waals surface area contributed by atoms with Gasteiger partial charge in [-0.25, -0.2) is 0 Å². The minimum absolute atomic E-state index is 0.0319. The van der Waals surface area contributed by atoms with Gasteiger partial charge in [-0.3, -0.25) is 14.5 Å². The molecular weight excluding hydrogens is 362 g/mol. The van der Waals surface area contributed by atoms with Gasteiger partial charge in [0.1, 0.15) is 11.5 Å². The molecule has 28 heavy (non-hydrogen) atoms. The normalized spacial score (nSPS) is 24.4. The minimum atomic E-state index is -0.206. The predicted molar refractivity (Wildman–Crippen MR) is 99.5 cm³/mol. The van der Waals surface area contributed by atoms with Crippen molar-refractivity contribution in [1.82, 2.24) is 14.7 Å². The molecule has 0 aliphatic carbocycles. The lowest BCUT2D eigenvalue weighted by atomic mass is 10.0. The number of nitrogens with zero attached hydrogens (tertiary/aromatic N) is 3. The molecule has 0 N–H and O–H groups in total. The summed E-state index contributed by atoms with van der Waals surface area (Å²) in [7, 11) is 0. The number of carbonyl (C=O) groups is 2. The fourth-order valence-electron chi connectivity index (χ4n) is 4.36. The molecule has 1 atom stereocenters. The molecule has 0 aromatic heterocycles. The Bertz CT molecular complexity index is 792. The van der Waals surface area contributed by atoms with Gasteiger partial charge in [-0.2, -0.15) is 0 Å². The highest BCUT2D eigenvalue weighted by Gasteiger charge is 2.39. The number of carbonyl (C=O) groups excluding carboxylic acids is 2. The fourth-order valence-corrected chi connectivity index (χ4v) is 4.36. The monoisotopic (exact) mass is 387 g/mol. The Hall–Kier alpha value is -2.32. The van der Waals surface area contributed by atoms with E-state index in [1.807, 2.05) is 0 Å². The third-order valence-corrected chi connectivity index (χ3v) is 5.93. The molecule has 8 heteroatoms. The summed E-state index contributed by atoms with van der Waals surface area (Å²) in [5, 5.41) is 0. The highest BCUT2D eigenvalue weighted by Crippen LogP contribution is 2.38. The van der Waals surface area contributed by atoms with Crippen LogP contribution in [0.25, 0.3) is 0 Å². The molecule has 2 saturated heterocycles. The van der Waals surface area contributed by atoms with Crippen molar-refractivity contribution in [2.75, 3.05) is 52.7 Å². The van der Waals surface area contributed by atoms with E-state index in [-0.39, 0.29) is 24.8 Å². The second-order valence-corrected chi connectivity index (χ2v) is 7.71. The number of benzene rings is 1. The van der Waals surface area contributed by atoms with Gasteiger partial charge in [0.15, 0.2) is 13.0 Å². The van der Waals surface area contributed by atoms with Crippen LogP contribution in [0.1, 0.15) is 40.0 Å². The van der Waals surface area contributed by atoms with Crippen LogP contribution in [-0.4, -0.2) is 85.4 Å². The number of rotatable bonds is 4. The van der Waals surface area contributed by atoms with Crippen molar-refractivity contribution in [2.24, 2.45) is 0 Å². The van der Waals surface area contributed by atoms with E-state index in [1.165, 1.54) is 0 Å². The van der Waals surface area contributed by atoms with E-state index < -0.39 is 0 Å². The van der Waals surface area contributed by atoms with Gasteiger partial charge < -0.3 is 24.0 Å². The van der Waals surface area contributed by atoms with Crippen molar-refractivity contribution in [2.45, 2.75) is 25.5 Å². The van der Waals surface area contributed by atoms with Gasteiger partial charge in [0.25, 0.3) is 11.8 Å². The van der Waals surface area contributed by atoms with Crippen LogP contribution in [0.5, 0.6) is 11.5 Å². The van der Waals surface area contributed by atoms with Crippen molar-refractivity contribution in [3.05, 3.63) is 23.3 Å². The van der Waals surface area contributed by atoms with Crippen LogP contribution in [0, 0.1) is 0 Å². The van der Waals surface area contributed by atoms with Crippen LogP contribution in [0.3, 0.4) is 0 Å². The van der Waals surface area contributed by atoms with Crippen molar-refractivity contribution < 1.29 is 23.8 Å². The molecule has 5 rings (SSSR count). The van der Waals surface area contributed by atoms with Gasteiger partial charge >= 0.3 is 0 Å². The Morgan fingerprint density at radius 2 is 1.75 bits per heavy atom. The number of amides is 2. The highest BCUT2D eigenvalue weighted by atomic mass is 16.5. The molecular formula is C20H25N3O5. The maximum Gasteiger partial charge on any atom is 0.260 e. The summed E-state index contributed by atoms with van der Waals surface area (Å²) in [4.78, 5) is 31.5. The van der Waals surface area contributed by atoms with E-state index in [2.05, 4.69) is 4.90 Å². The second kappa shape index (κ2) is 7.25. The van der Waals surface area contributed by atoms with Crippen LogP contribution >= 0.6 is 0 Å². The second-order valence-electron chi connectivity index (χ2n) is 7.71. The Morgan fingerprint density at radius 1 is 0.964 bits per heavy atom. The molecule has 8 nitrogen and oxygen atoms in total.